The van der Waals surface area contributed by atoms with Crippen molar-refractivity contribution in [2.75, 3.05) is 0 Å². The van der Waals surface area contributed by atoms with Crippen molar-refractivity contribution < 1.29 is 0 Å². The second-order valence-corrected chi connectivity index (χ2v) is 10.9. The van der Waals surface area contributed by atoms with Gasteiger partial charge >= 0.3 is 0 Å². The monoisotopic (exact) mass is 502 g/mol. The molecule has 1 aliphatic carbocycles. The summed E-state index contributed by atoms with van der Waals surface area (Å²) in [6, 6.07) is 45.7. The van der Waals surface area contributed by atoms with Crippen LogP contribution < -0.4 is 0 Å². The van der Waals surface area contributed by atoms with Gasteiger partial charge in [-0.1, -0.05) is 97.1 Å². The van der Waals surface area contributed by atoms with E-state index < -0.39 is 5.41 Å². The van der Waals surface area contributed by atoms with Crippen LogP contribution in [-0.4, -0.2) is 9.97 Å². The molecule has 0 radical (unpaired) electrons. The minimum absolute atomic E-state index is 0.489. The van der Waals surface area contributed by atoms with Gasteiger partial charge in [0.05, 0.1) is 21.1 Å². The van der Waals surface area contributed by atoms with Gasteiger partial charge in [-0.2, -0.15) is 0 Å². The summed E-state index contributed by atoms with van der Waals surface area (Å²) in [4.78, 5) is 9.94. The number of fused-ring (bicyclic) bond motifs is 5. The summed E-state index contributed by atoms with van der Waals surface area (Å²) in [5, 5.41) is 2.19. The number of benzene rings is 5. The third kappa shape index (κ3) is 3.00. The van der Waals surface area contributed by atoms with Crippen LogP contribution in [0.4, 0.5) is 0 Å². The number of pyridine rings is 1. The van der Waals surface area contributed by atoms with Crippen molar-refractivity contribution in [3.05, 3.63) is 156 Å². The molecule has 1 atom stereocenters. The van der Waals surface area contributed by atoms with Gasteiger partial charge < -0.3 is 0 Å². The summed E-state index contributed by atoms with van der Waals surface area (Å²) >= 11 is 1.75. The third-order valence-corrected chi connectivity index (χ3v) is 8.90. The Kier molecular flexibility index (Phi) is 4.64. The molecule has 0 N–H and O–H groups in total. The Morgan fingerprint density at radius 1 is 0.553 bits per heavy atom. The van der Waals surface area contributed by atoms with Crippen LogP contribution in [0.3, 0.4) is 0 Å². The number of para-hydroxylation sites is 2. The SMILES string of the molecule is c1ccc(C2(c3cnc4ccccc4c3)c3ccccc3-c3ccc(-c4nc5ccccc5s4)cc32)cc1. The molecule has 0 fully saturated rings. The van der Waals surface area contributed by atoms with E-state index in [9.17, 15) is 0 Å². The van der Waals surface area contributed by atoms with Gasteiger partial charge in [0, 0.05) is 17.1 Å². The van der Waals surface area contributed by atoms with E-state index in [0.29, 0.717) is 0 Å². The second-order valence-electron chi connectivity index (χ2n) is 9.83. The minimum Gasteiger partial charge on any atom is -0.256 e. The Balaban J connectivity index is 1.47. The summed E-state index contributed by atoms with van der Waals surface area (Å²) in [6.45, 7) is 0. The topological polar surface area (TPSA) is 25.8 Å². The zero-order valence-corrected chi connectivity index (χ0v) is 21.3. The molecule has 2 heterocycles. The van der Waals surface area contributed by atoms with E-state index in [1.54, 1.807) is 11.3 Å². The standard InChI is InChI=1S/C35H22N2S/c1-2-11-25(12-3-1)35(26-20-23-10-4-7-15-31(23)36-22-26)29-14-6-5-13-27(29)28-19-18-24(21-30(28)35)34-37-32-16-8-9-17-33(32)38-34/h1-22H. The first-order valence-corrected chi connectivity index (χ1v) is 13.7. The minimum atomic E-state index is -0.489. The van der Waals surface area contributed by atoms with E-state index in [-0.39, 0.29) is 0 Å². The molecule has 2 nitrogen and oxygen atoms in total. The molecule has 8 rings (SSSR count). The highest BCUT2D eigenvalue weighted by atomic mass is 32.1. The van der Waals surface area contributed by atoms with Gasteiger partial charge in [0.15, 0.2) is 0 Å². The lowest BCUT2D eigenvalue weighted by Crippen LogP contribution is -2.28. The van der Waals surface area contributed by atoms with Crippen LogP contribution in [0.2, 0.25) is 0 Å². The first-order chi connectivity index (χ1) is 18.8. The molecule has 3 heteroatoms. The highest BCUT2D eigenvalue weighted by Gasteiger charge is 2.46. The summed E-state index contributed by atoms with van der Waals surface area (Å²) in [5.41, 5.74) is 10.2. The highest BCUT2D eigenvalue weighted by molar-refractivity contribution is 7.21. The molecule has 2 aromatic heterocycles. The van der Waals surface area contributed by atoms with Crippen molar-refractivity contribution in [3.63, 3.8) is 0 Å². The summed E-state index contributed by atoms with van der Waals surface area (Å²) < 4.78 is 1.21. The molecular weight excluding hydrogens is 480 g/mol. The maximum Gasteiger partial charge on any atom is 0.124 e. The van der Waals surface area contributed by atoms with Crippen LogP contribution in [0, 0.1) is 0 Å². The van der Waals surface area contributed by atoms with Crippen molar-refractivity contribution >= 4 is 32.5 Å². The Morgan fingerprint density at radius 2 is 1.29 bits per heavy atom. The molecule has 0 saturated heterocycles. The fourth-order valence-corrected chi connectivity index (χ4v) is 7.12. The second kappa shape index (κ2) is 8.20. The number of nitrogens with zero attached hydrogens (tertiary/aromatic N) is 2. The number of aromatic nitrogens is 2. The lowest BCUT2D eigenvalue weighted by molar-refractivity contribution is 0.765. The van der Waals surface area contributed by atoms with E-state index in [2.05, 4.69) is 128 Å². The van der Waals surface area contributed by atoms with Crippen LogP contribution in [0.25, 0.3) is 42.8 Å². The number of hydrogen-bond donors (Lipinski definition) is 0. The van der Waals surface area contributed by atoms with Crippen molar-refractivity contribution in [1.82, 2.24) is 9.97 Å². The normalized spacial score (nSPS) is 16.0. The van der Waals surface area contributed by atoms with Gasteiger partial charge in [0.25, 0.3) is 0 Å². The van der Waals surface area contributed by atoms with Crippen LogP contribution >= 0.6 is 11.3 Å². The lowest BCUT2D eigenvalue weighted by atomic mass is 9.68. The fraction of sp³-hybridized carbons (Fsp3) is 0.0286. The molecular formula is C35H22N2S. The average Bonchev–Trinajstić information content (AvgIpc) is 3.55. The van der Waals surface area contributed by atoms with Crippen LogP contribution in [0.1, 0.15) is 22.3 Å². The van der Waals surface area contributed by atoms with Crippen LogP contribution in [0.5, 0.6) is 0 Å². The van der Waals surface area contributed by atoms with Crippen molar-refractivity contribution in [1.29, 1.82) is 0 Å². The molecule has 7 aromatic rings. The van der Waals surface area contributed by atoms with Crippen molar-refractivity contribution in [2.45, 2.75) is 5.41 Å². The Morgan fingerprint density at radius 3 is 2.18 bits per heavy atom. The Bertz CT molecular complexity index is 1960. The van der Waals surface area contributed by atoms with E-state index in [0.717, 1.165) is 27.0 Å². The first-order valence-electron chi connectivity index (χ1n) is 12.8. The summed E-state index contributed by atoms with van der Waals surface area (Å²) in [6.07, 6.45) is 2.07. The predicted molar refractivity (Wildman–Crippen MR) is 158 cm³/mol. The molecule has 0 aliphatic heterocycles. The van der Waals surface area contributed by atoms with Gasteiger partial charge in [-0.05, 0) is 63.7 Å². The van der Waals surface area contributed by atoms with Gasteiger partial charge in [-0.15, -0.1) is 11.3 Å². The van der Waals surface area contributed by atoms with Gasteiger partial charge in [-0.25, -0.2) is 4.98 Å². The highest BCUT2D eigenvalue weighted by Crippen LogP contribution is 2.56. The Labute approximate surface area is 224 Å². The molecule has 178 valence electrons. The van der Waals surface area contributed by atoms with Gasteiger partial charge in [0.1, 0.15) is 5.01 Å². The molecule has 0 spiro atoms. The van der Waals surface area contributed by atoms with Crippen molar-refractivity contribution in [2.24, 2.45) is 0 Å². The first kappa shape index (κ1) is 21.5. The molecule has 0 saturated carbocycles. The number of hydrogen-bond acceptors (Lipinski definition) is 3. The zero-order chi connectivity index (χ0) is 25.1. The molecule has 38 heavy (non-hydrogen) atoms. The smallest absolute Gasteiger partial charge is 0.124 e. The van der Waals surface area contributed by atoms with Gasteiger partial charge in [0.2, 0.25) is 0 Å². The average molecular weight is 503 g/mol. The van der Waals surface area contributed by atoms with Gasteiger partial charge in [-0.3, -0.25) is 4.98 Å². The van der Waals surface area contributed by atoms with Crippen LogP contribution in [-0.2, 0) is 5.41 Å². The number of thiazole rings is 1. The van der Waals surface area contributed by atoms with E-state index in [1.807, 2.05) is 6.07 Å². The zero-order valence-electron chi connectivity index (χ0n) is 20.5. The maximum absolute atomic E-state index is 5.00. The predicted octanol–water partition coefficient (Wildman–Crippen LogP) is 8.87. The van der Waals surface area contributed by atoms with E-state index in [4.69, 9.17) is 9.97 Å². The number of rotatable bonds is 3. The quantitative estimate of drug-likeness (QED) is 0.241. The van der Waals surface area contributed by atoms with E-state index in [1.165, 1.54) is 38.1 Å². The van der Waals surface area contributed by atoms with Crippen molar-refractivity contribution in [3.8, 4) is 21.7 Å². The summed E-state index contributed by atoms with van der Waals surface area (Å²) in [5.74, 6) is 0. The third-order valence-electron chi connectivity index (χ3n) is 7.82. The van der Waals surface area contributed by atoms with E-state index >= 15 is 0 Å². The molecule has 0 amide bonds. The summed E-state index contributed by atoms with van der Waals surface area (Å²) in [7, 11) is 0. The molecule has 1 aliphatic rings. The Hall–Kier alpha value is -4.60. The van der Waals surface area contributed by atoms with Crippen LogP contribution in [0.15, 0.2) is 134 Å². The largest absolute Gasteiger partial charge is 0.256 e. The molecule has 5 aromatic carbocycles. The fourth-order valence-electron chi connectivity index (χ4n) is 6.16. The molecule has 0 bridgehead atoms. The lowest BCUT2D eigenvalue weighted by Gasteiger charge is -2.33. The maximum atomic E-state index is 5.00. The molecule has 1 unspecified atom stereocenters.